The molecule has 136 valence electrons. The van der Waals surface area contributed by atoms with E-state index < -0.39 is 20.0 Å². The van der Waals surface area contributed by atoms with Gasteiger partial charge in [-0.2, -0.15) is 8.61 Å². The molecule has 1 fully saturated rings. The van der Waals surface area contributed by atoms with Crippen molar-refractivity contribution in [1.82, 2.24) is 8.61 Å². The van der Waals surface area contributed by atoms with E-state index in [0.29, 0.717) is 0 Å². The average Bonchev–Trinajstić information content (AvgIpc) is 3.10. The van der Waals surface area contributed by atoms with Gasteiger partial charge in [0.1, 0.15) is 9.10 Å². The molecule has 0 spiro atoms. The molecule has 2 aromatic rings. The van der Waals surface area contributed by atoms with Crippen LogP contribution in [0.2, 0.25) is 10.0 Å². The molecule has 11 heteroatoms. The molecule has 0 bridgehead atoms. The second-order valence-electron chi connectivity index (χ2n) is 5.29. The fraction of sp³-hybridized carbons (Fsp3) is 0.286. The zero-order valence-corrected chi connectivity index (χ0v) is 16.8. The normalized spacial score (nSPS) is 17.7. The molecule has 0 aliphatic carbocycles. The molecule has 0 N–H and O–H groups in total. The summed E-state index contributed by atoms with van der Waals surface area (Å²) in [5.41, 5.74) is 0. The van der Waals surface area contributed by atoms with E-state index in [0.717, 1.165) is 11.3 Å². The predicted octanol–water partition coefficient (Wildman–Crippen LogP) is 2.75. The first-order valence-corrected chi connectivity index (χ1v) is 11.7. The second kappa shape index (κ2) is 7.15. The summed E-state index contributed by atoms with van der Waals surface area (Å²) in [5, 5.41) is 1.77. The van der Waals surface area contributed by atoms with Gasteiger partial charge in [0, 0.05) is 26.2 Å². The highest BCUT2D eigenvalue weighted by Crippen LogP contribution is 2.32. The Hall–Kier alpha value is -0.680. The average molecular weight is 441 g/mol. The molecule has 0 amide bonds. The quantitative estimate of drug-likeness (QED) is 0.732. The van der Waals surface area contributed by atoms with Crippen LogP contribution in [0, 0.1) is 0 Å². The molecule has 1 aliphatic heterocycles. The maximum atomic E-state index is 12.8. The van der Waals surface area contributed by atoms with Gasteiger partial charge >= 0.3 is 0 Å². The van der Waals surface area contributed by atoms with Crippen LogP contribution in [0.25, 0.3) is 0 Å². The number of halogens is 2. The summed E-state index contributed by atoms with van der Waals surface area (Å²) in [6.45, 7) is 0.214. The Bertz CT molecular complexity index is 947. The van der Waals surface area contributed by atoms with Crippen molar-refractivity contribution in [3.8, 4) is 0 Å². The van der Waals surface area contributed by atoms with Gasteiger partial charge in [-0.1, -0.05) is 35.3 Å². The lowest BCUT2D eigenvalue weighted by Gasteiger charge is -2.33. The summed E-state index contributed by atoms with van der Waals surface area (Å²) in [4.78, 5) is -0.145. The highest BCUT2D eigenvalue weighted by atomic mass is 35.5. The fourth-order valence-corrected chi connectivity index (χ4v) is 7.63. The van der Waals surface area contributed by atoms with Gasteiger partial charge in [-0.15, -0.1) is 11.3 Å². The number of hydrogen-bond donors (Lipinski definition) is 0. The van der Waals surface area contributed by atoms with Crippen molar-refractivity contribution >= 4 is 54.6 Å². The largest absolute Gasteiger partial charge is 0.252 e. The molecule has 0 radical (unpaired) electrons. The third kappa shape index (κ3) is 3.59. The molecule has 1 aliphatic rings. The molecule has 6 nitrogen and oxygen atoms in total. The van der Waals surface area contributed by atoms with Crippen LogP contribution in [-0.2, 0) is 20.0 Å². The first-order chi connectivity index (χ1) is 11.7. The van der Waals surface area contributed by atoms with Crippen LogP contribution in [0.15, 0.2) is 44.8 Å². The molecule has 1 saturated heterocycles. The molecule has 0 saturated carbocycles. The van der Waals surface area contributed by atoms with Gasteiger partial charge in [-0.25, -0.2) is 16.8 Å². The Kier molecular flexibility index (Phi) is 5.46. The van der Waals surface area contributed by atoms with Gasteiger partial charge in [0.15, 0.2) is 0 Å². The minimum Gasteiger partial charge on any atom is -0.207 e. The van der Waals surface area contributed by atoms with Crippen molar-refractivity contribution in [2.24, 2.45) is 0 Å². The van der Waals surface area contributed by atoms with Gasteiger partial charge in [0.2, 0.25) is 10.0 Å². The number of sulfonamides is 2. The van der Waals surface area contributed by atoms with Crippen molar-refractivity contribution in [2.75, 3.05) is 26.2 Å². The van der Waals surface area contributed by atoms with Crippen molar-refractivity contribution in [1.29, 1.82) is 0 Å². The summed E-state index contributed by atoms with van der Waals surface area (Å²) in [6, 6.07) is 7.68. The first-order valence-electron chi connectivity index (χ1n) is 7.22. The number of thiophene rings is 1. The monoisotopic (exact) mass is 440 g/mol. The van der Waals surface area contributed by atoms with Crippen LogP contribution in [0.1, 0.15) is 0 Å². The van der Waals surface area contributed by atoms with E-state index in [-0.39, 0.29) is 45.3 Å². The topological polar surface area (TPSA) is 74.8 Å². The van der Waals surface area contributed by atoms with E-state index in [2.05, 4.69) is 0 Å². The van der Waals surface area contributed by atoms with Gasteiger partial charge in [0.25, 0.3) is 10.0 Å². The summed E-state index contributed by atoms with van der Waals surface area (Å²) in [6.07, 6.45) is 0. The SMILES string of the molecule is O=S(=O)(c1cccs1)N1CCN(S(=O)(=O)c2c(Cl)cccc2Cl)CC1. The van der Waals surface area contributed by atoms with E-state index >= 15 is 0 Å². The summed E-state index contributed by atoms with van der Waals surface area (Å²) < 4.78 is 53.4. The van der Waals surface area contributed by atoms with E-state index in [1.165, 1.54) is 26.8 Å². The van der Waals surface area contributed by atoms with Gasteiger partial charge in [-0.05, 0) is 23.6 Å². The summed E-state index contributed by atoms with van der Waals surface area (Å²) >= 11 is 13.1. The van der Waals surface area contributed by atoms with Crippen molar-refractivity contribution in [3.63, 3.8) is 0 Å². The molecule has 3 rings (SSSR count). The number of nitrogens with zero attached hydrogens (tertiary/aromatic N) is 2. The minimum atomic E-state index is -3.90. The standard InChI is InChI=1S/C14H14Cl2N2O4S3/c15-11-3-1-4-12(16)14(11)25(21,22)18-8-6-17(7-9-18)24(19,20)13-5-2-10-23-13/h1-5,10H,6-9H2. The van der Waals surface area contributed by atoms with Crippen LogP contribution in [0.3, 0.4) is 0 Å². The Morgan fingerprint density at radius 2 is 1.32 bits per heavy atom. The van der Waals surface area contributed by atoms with Crippen LogP contribution in [0.5, 0.6) is 0 Å². The number of benzene rings is 1. The van der Waals surface area contributed by atoms with Crippen LogP contribution in [-0.4, -0.2) is 51.6 Å². The molecular weight excluding hydrogens is 427 g/mol. The Balaban J connectivity index is 1.81. The van der Waals surface area contributed by atoms with Gasteiger partial charge in [0.05, 0.1) is 10.0 Å². The molecule has 1 aromatic heterocycles. The van der Waals surface area contributed by atoms with Crippen LogP contribution in [0.4, 0.5) is 0 Å². The molecule has 2 heterocycles. The Morgan fingerprint density at radius 1 is 0.800 bits per heavy atom. The fourth-order valence-electron chi connectivity index (χ4n) is 2.55. The molecule has 25 heavy (non-hydrogen) atoms. The van der Waals surface area contributed by atoms with Gasteiger partial charge < -0.3 is 0 Å². The van der Waals surface area contributed by atoms with E-state index in [1.54, 1.807) is 17.5 Å². The predicted molar refractivity (Wildman–Crippen MR) is 98.3 cm³/mol. The smallest absolute Gasteiger partial charge is 0.207 e. The highest BCUT2D eigenvalue weighted by molar-refractivity contribution is 7.91. The van der Waals surface area contributed by atoms with Crippen molar-refractivity contribution in [2.45, 2.75) is 9.10 Å². The lowest BCUT2D eigenvalue weighted by atomic mass is 10.4. The lowest BCUT2D eigenvalue weighted by Crippen LogP contribution is -2.50. The maximum absolute atomic E-state index is 12.8. The molecule has 1 aromatic carbocycles. The van der Waals surface area contributed by atoms with E-state index in [4.69, 9.17) is 23.2 Å². The zero-order valence-electron chi connectivity index (χ0n) is 12.8. The van der Waals surface area contributed by atoms with Crippen LogP contribution < -0.4 is 0 Å². The van der Waals surface area contributed by atoms with Crippen molar-refractivity contribution in [3.05, 3.63) is 45.8 Å². The third-order valence-electron chi connectivity index (χ3n) is 3.80. The molecular formula is C14H14Cl2N2O4S3. The second-order valence-corrected chi connectivity index (χ2v) is 11.1. The van der Waals surface area contributed by atoms with Gasteiger partial charge in [-0.3, -0.25) is 0 Å². The Morgan fingerprint density at radius 3 is 1.80 bits per heavy atom. The summed E-state index contributed by atoms with van der Waals surface area (Å²) in [7, 11) is -7.49. The lowest BCUT2D eigenvalue weighted by molar-refractivity contribution is 0.273. The van der Waals surface area contributed by atoms with Crippen LogP contribution >= 0.6 is 34.5 Å². The maximum Gasteiger partial charge on any atom is 0.252 e. The Labute approximate surface area is 160 Å². The number of hydrogen-bond acceptors (Lipinski definition) is 5. The number of rotatable bonds is 4. The zero-order chi connectivity index (χ0) is 18.2. The van der Waals surface area contributed by atoms with E-state index in [9.17, 15) is 16.8 Å². The number of piperazine rings is 1. The highest BCUT2D eigenvalue weighted by Gasteiger charge is 2.35. The summed E-state index contributed by atoms with van der Waals surface area (Å²) in [5.74, 6) is 0. The van der Waals surface area contributed by atoms with Crippen molar-refractivity contribution < 1.29 is 16.8 Å². The molecule has 0 atom stereocenters. The first kappa shape index (κ1) is 19.1. The minimum absolute atomic E-state index is 0.0362. The third-order valence-corrected chi connectivity index (χ3v) is 9.93. The van der Waals surface area contributed by atoms with E-state index in [1.807, 2.05) is 0 Å². The molecule has 0 unspecified atom stereocenters.